The van der Waals surface area contributed by atoms with Gasteiger partial charge in [-0.1, -0.05) is 12.1 Å². The standard InChI is InChI=1S/C15H25N3O/c1-12(10-11-18(2)3)17-15(19)9-6-13-4-7-14(16)8-5-13/h4-5,7-8,12H,6,9-11,16H2,1-3H3,(H,17,19). The number of amides is 1. The first kappa shape index (κ1) is 15.5. The molecule has 4 nitrogen and oxygen atoms in total. The molecule has 106 valence electrons. The quantitative estimate of drug-likeness (QED) is 0.736. The second kappa shape index (κ2) is 7.79. The Morgan fingerprint density at radius 3 is 2.53 bits per heavy atom. The van der Waals surface area contributed by atoms with Crippen LogP contribution in [0.25, 0.3) is 0 Å². The van der Waals surface area contributed by atoms with Crippen LogP contribution in [-0.2, 0) is 11.2 Å². The monoisotopic (exact) mass is 263 g/mol. The van der Waals surface area contributed by atoms with Gasteiger partial charge in [-0.3, -0.25) is 4.79 Å². The Labute approximate surface area is 116 Å². The first-order valence-corrected chi connectivity index (χ1v) is 6.76. The Bertz CT molecular complexity index is 387. The number of carbonyl (C=O) groups excluding carboxylic acids is 1. The van der Waals surface area contributed by atoms with Gasteiger partial charge in [0.2, 0.25) is 5.91 Å². The van der Waals surface area contributed by atoms with Crippen molar-refractivity contribution < 1.29 is 4.79 Å². The van der Waals surface area contributed by atoms with Crippen molar-refractivity contribution in [1.82, 2.24) is 10.2 Å². The van der Waals surface area contributed by atoms with Crippen LogP contribution >= 0.6 is 0 Å². The van der Waals surface area contributed by atoms with E-state index in [0.29, 0.717) is 6.42 Å². The molecular formula is C15H25N3O. The van der Waals surface area contributed by atoms with Gasteiger partial charge in [-0.25, -0.2) is 0 Å². The minimum absolute atomic E-state index is 0.114. The van der Waals surface area contributed by atoms with Crippen molar-refractivity contribution in [2.24, 2.45) is 0 Å². The van der Waals surface area contributed by atoms with Crippen LogP contribution < -0.4 is 11.1 Å². The summed E-state index contributed by atoms with van der Waals surface area (Å²) in [6.45, 7) is 3.03. The third-order valence-electron chi connectivity index (χ3n) is 3.04. The van der Waals surface area contributed by atoms with Crippen molar-refractivity contribution in [3.8, 4) is 0 Å². The largest absolute Gasteiger partial charge is 0.399 e. The maximum atomic E-state index is 11.8. The summed E-state index contributed by atoms with van der Waals surface area (Å²) in [5.74, 6) is 0.114. The smallest absolute Gasteiger partial charge is 0.220 e. The molecule has 0 bridgehead atoms. The molecule has 19 heavy (non-hydrogen) atoms. The van der Waals surface area contributed by atoms with E-state index in [0.717, 1.165) is 30.6 Å². The highest BCUT2D eigenvalue weighted by Crippen LogP contribution is 2.07. The fourth-order valence-corrected chi connectivity index (χ4v) is 1.81. The molecule has 1 unspecified atom stereocenters. The Balaban J connectivity index is 2.25. The van der Waals surface area contributed by atoms with Gasteiger partial charge >= 0.3 is 0 Å². The van der Waals surface area contributed by atoms with Gasteiger partial charge in [0.1, 0.15) is 0 Å². The predicted octanol–water partition coefficient (Wildman–Crippen LogP) is 1.66. The van der Waals surface area contributed by atoms with Gasteiger partial charge < -0.3 is 16.0 Å². The second-order valence-corrected chi connectivity index (χ2v) is 5.30. The molecule has 0 radical (unpaired) electrons. The average Bonchev–Trinajstić information content (AvgIpc) is 2.36. The van der Waals surface area contributed by atoms with Crippen molar-refractivity contribution in [1.29, 1.82) is 0 Å². The third-order valence-corrected chi connectivity index (χ3v) is 3.04. The minimum Gasteiger partial charge on any atom is -0.399 e. The highest BCUT2D eigenvalue weighted by atomic mass is 16.1. The van der Waals surface area contributed by atoms with E-state index < -0.39 is 0 Å². The number of hydrogen-bond acceptors (Lipinski definition) is 3. The molecule has 1 amide bonds. The van der Waals surface area contributed by atoms with Crippen molar-refractivity contribution in [2.45, 2.75) is 32.2 Å². The van der Waals surface area contributed by atoms with E-state index in [2.05, 4.69) is 10.2 Å². The van der Waals surface area contributed by atoms with Crippen LogP contribution in [0.5, 0.6) is 0 Å². The molecule has 1 aromatic rings. The number of anilines is 1. The first-order valence-electron chi connectivity index (χ1n) is 6.76. The molecule has 0 aromatic heterocycles. The topological polar surface area (TPSA) is 58.4 Å². The van der Waals surface area contributed by atoms with Crippen molar-refractivity contribution >= 4 is 11.6 Å². The van der Waals surface area contributed by atoms with Gasteiger partial charge in [-0.05, 0) is 58.1 Å². The second-order valence-electron chi connectivity index (χ2n) is 5.30. The molecular weight excluding hydrogens is 238 g/mol. The van der Waals surface area contributed by atoms with E-state index in [1.165, 1.54) is 0 Å². The molecule has 0 saturated carbocycles. The summed E-state index contributed by atoms with van der Waals surface area (Å²) in [4.78, 5) is 13.9. The van der Waals surface area contributed by atoms with Gasteiger partial charge in [-0.2, -0.15) is 0 Å². The summed E-state index contributed by atoms with van der Waals surface area (Å²) in [5.41, 5.74) is 7.52. The van der Waals surface area contributed by atoms with E-state index in [1.54, 1.807) is 0 Å². The molecule has 0 aliphatic carbocycles. The number of nitrogens with two attached hydrogens (primary N) is 1. The normalized spacial score (nSPS) is 12.4. The highest BCUT2D eigenvalue weighted by molar-refractivity contribution is 5.76. The zero-order chi connectivity index (χ0) is 14.3. The van der Waals surface area contributed by atoms with Crippen LogP contribution in [0, 0.1) is 0 Å². The Kier molecular flexibility index (Phi) is 6.36. The van der Waals surface area contributed by atoms with Crippen molar-refractivity contribution in [3.63, 3.8) is 0 Å². The van der Waals surface area contributed by atoms with Gasteiger partial charge in [-0.15, -0.1) is 0 Å². The molecule has 0 aliphatic heterocycles. The fourth-order valence-electron chi connectivity index (χ4n) is 1.81. The molecule has 3 N–H and O–H groups in total. The van der Waals surface area contributed by atoms with Gasteiger partial charge in [0.15, 0.2) is 0 Å². The summed E-state index contributed by atoms with van der Waals surface area (Å²) < 4.78 is 0. The predicted molar refractivity (Wildman–Crippen MR) is 80.0 cm³/mol. The Hall–Kier alpha value is -1.55. The molecule has 0 aliphatic rings. The number of aryl methyl sites for hydroxylation is 1. The van der Waals surface area contributed by atoms with E-state index in [4.69, 9.17) is 5.73 Å². The van der Waals surface area contributed by atoms with Crippen LogP contribution in [-0.4, -0.2) is 37.5 Å². The fraction of sp³-hybridized carbons (Fsp3) is 0.533. The lowest BCUT2D eigenvalue weighted by molar-refractivity contribution is -0.121. The van der Waals surface area contributed by atoms with Crippen molar-refractivity contribution in [2.75, 3.05) is 26.4 Å². The van der Waals surface area contributed by atoms with E-state index in [-0.39, 0.29) is 11.9 Å². The van der Waals surface area contributed by atoms with Gasteiger partial charge in [0.05, 0.1) is 0 Å². The maximum absolute atomic E-state index is 11.8. The number of nitrogens with one attached hydrogen (secondary N) is 1. The molecule has 0 heterocycles. The molecule has 1 aromatic carbocycles. The number of nitrogens with zero attached hydrogens (tertiary/aromatic N) is 1. The van der Waals surface area contributed by atoms with Crippen LogP contribution in [0.2, 0.25) is 0 Å². The minimum atomic E-state index is 0.114. The number of hydrogen-bond donors (Lipinski definition) is 2. The number of carbonyl (C=O) groups is 1. The molecule has 1 atom stereocenters. The maximum Gasteiger partial charge on any atom is 0.220 e. The Morgan fingerprint density at radius 1 is 1.32 bits per heavy atom. The first-order chi connectivity index (χ1) is 8.97. The summed E-state index contributed by atoms with van der Waals surface area (Å²) in [5, 5.41) is 3.03. The van der Waals surface area contributed by atoms with Crippen LogP contribution in [0.3, 0.4) is 0 Å². The zero-order valence-electron chi connectivity index (χ0n) is 12.1. The number of benzene rings is 1. The van der Waals surface area contributed by atoms with Gasteiger partial charge in [0.25, 0.3) is 0 Å². The lowest BCUT2D eigenvalue weighted by Gasteiger charge is -2.16. The zero-order valence-corrected chi connectivity index (χ0v) is 12.1. The SMILES string of the molecule is CC(CCN(C)C)NC(=O)CCc1ccc(N)cc1. The summed E-state index contributed by atoms with van der Waals surface area (Å²) in [6, 6.07) is 7.90. The molecule has 0 spiro atoms. The third kappa shape index (κ3) is 6.82. The van der Waals surface area contributed by atoms with Crippen LogP contribution in [0.4, 0.5) is 5.69 Å². The molecule has 0 fully saturated rings. The Morgan fingerprint density at radius 2 is 1.95 bits per heavy atom. The van der Waals surface area contributed by atoms with Crippen LogP contribution in [0.15, 0.2) is 24.3 Å². The highest BCUT2D eigenvalue weighted by Gasteiger charge is 2.07. The molecule has 1 rings (SSSR count). The molecule has 0 saturated heterocycles. The molecule has 4 heteroatoms. The summed E-state index contributed by atoms with van der Waals surface area (Å²) in [6.07, 6.45) is 2.25. The number of nitrogen functional groups attached to an aromatic ring is 1. The van der Waals surface area contributed by atoms with Gasteiger partial charge in [0, 0.05) is 18.2 Å². The van der Waals surface area contributed by atoms with Crippen molar-refractivity contribution in [3.05, 3.63) is 29.8 Å². The van der Waals surface area contributed by atoms with Crippen LogP contribution in [0.1, 0.15) is 25.3 Å². The average molecular weight is 263 g/mol. The summed E-state index contributed by atoms with van der Waals surface area (Å²) >= 11 is 0. The summed E-state index contributed by atoms with van der Waals surface area (Å²) in [7, 11) is 4.07. The van der Waals surface area contributed by atoms with E-state index in [1.807, 2.05) is 45.3 Å². The van der Waals surface area contributed by atoms with E-state index >= 15 is 0 Å². The lowest BCUT2D eigenvalue weighted by Crippen LogP contribution is -2.34. The number of rotatable bonds is 7. The lowest BCUT2D eigenvalue weighted by atomic mass is 10.1. The van der Waals surface area contributed by atoms with E-state index in [9.17, 15) is 4.79 Å².